The summed E-state index contributed by atoms with van der Waals surface area (Å²) in [5.74, 6) is 0. The fourth-order valence-electron chi connectivity index (χ4n) is 0.456. The molecule has 0 fully saturated rings. The van der Waals surface area contributed by atoms with Crippen molar-refractivity contribution in [1.29, 1.82) is 0 Å². The SMILES string of the molecule is O=C([O-])n1cccc1.[Li+]. The van der Waals surface area contributed by atoms with E-state index in [-0.39, 0.29) is 18.9 Å². The van der Waals surface area contributed by atoms with Crippen LogP contribution in [0.2, 0.25) is 0 Å². The second-order valence-electron chi connectivity index (χ2n) is 1.36. The van der Waals surface area contributed by atoms with Gasteiger partial charge in [0.2, 0.25) is 0 Å². The quantitative estimate of drug-likeness (QED) is 0.334. The summed E-state index contributed by atoms with van der Waals surface area (Å²) in [6.07, 6.45) is 1.62. The van der Waals surface area contributed by atoms with Crippen molar-refractivity contribution in [2.24, 2.45) is 0 Å². The molecule has 0 unspecified atom stereocenters. The molecule has 0 radical (unpaired) electrons. The van der Waals surface area contributed by atoms with Crippen molar-refractivity contribution in [2.45, 2.75) is 0 Å². The molecule has 1 rings (SSSR count). The van der Waals surface area contributed by atoms with Crippen LogP contribution in [0.4, 0.5) is 4.79 Å². The first-order valence-electron chi connectivity index (χ1n) is 2.15. The van der Waals surface area contributed by atoms with E-state index >= 15 is 0 Å². The zero-order valence-corrected chi connectivity index (χ0v) is 5.07. The van der Waals surface area contributed by atoms with Gasteiger partial charge in [-0.2, -0.15) is 0 Å². The van der Waals surface area contributed by atoms with Crippen LogP contribution in [0.3, 0.4) is 0 Å². The molecule has 0 atom stereocenters. The Balaban J connectivity index is 0.000000640. The van der Waals surface area contributed by atoms with E-state index < -0.39 is 6.09 Å². The molecular weight excluding hydrogens is 113 g/mol. The maximum atomic E-state index is 9.91. The van der Waals surface area contributed by atoms with Crippen LogP contribution in [0.5, 0.6) is 0 Å². The molecule has 9 heavy (non-hydrogen) atoms. The van der Waals surface area contributed by atoms with E-state index in [2.05, 4.69) is 0 Å². The first kappa shape index (κ1) is 8.35. The average molecular weight is 117 g/mol. The summed E-state index contributed by atoms with van der Waals surface area (Å²) >= 11 is 0. The first-order valence-corrected chi connectivity index (χ1v) is 2.15. The topological polar surface area (TPSA) is 45.1 Å². The van der Waals surface area contributed by atoms with E-state index in [0.717, 1.165) is 4.57 Å². The molecule has 0 aliphatic rings. The number of carbonyl (C=O) groups excluding carboxylic acids is 1. The van der Waals surface area contributed by atoms with E-state index in [0.29, 0.717) is 0 Å². The van der Waals surface area contributed by atoms with Crippen LogP contribution in [-0.4, -0.2) is 10.7 Å². The minimum atomic E-state index is -1.20. The number of carboxylic acid groups (broad SMARTS) is 1. The van der Waals surface area contributed by atoms with Gasteiger partial charge in [0, 0.05) is 12.4 Å². The van der Waals surface area contributed by atoms with Crippen molar-refractivity contribution >= 4 is 6.09 Å². The molecule has 0 spiro atoms. The number of hydrogen-bond acceptors (Lipinski definition) is 2. The van der Waals surface area contributed by atoms with Crippen molar-refractivity contribution in [1.82, 2.24) is 4.57 Å². The summed E-state index contributed by atoms with van der Waals surface area (Å²) in [7, 11) is 0. The van der Waals surface area contributed by atoms with Gasteiger partial charge >= 0.3 is 18.9 Å². The number of hydrogen-bond donors (Lipinski definition) is 0. The van der Waals surface area contributed by atoms with Crippen molar-refractivity contribution in [2.75, 3.05) is 0 Å². The molecular formula is C5H4LiNO2. The summed E-state index contributed by atoms with van der Waals surface area (Å²) < 4.78 is 0.972. The Bertz CT molecular complexity index is 183. The second-order valence-corrected chi connectivity index (χ2v) is 1.36. The molecule has 4 heteroatoms. The normalized spacial score (nSPS) is 8.00. The molecule has 0 saturated carbocycles. The zero-order chi connectivity index (χ0) is 5.98. The van der Waals surface area contributed by atoms with Gasteiger partial charge in [-0.05, 0) is 12.1 Å². The van der Waals surface area contributed by atoms with Crippen LogP contribution in [0.25, 0.3) is 0 Å². The molecule has 0 aliphatic heterocycles. The first-order chi connectivity index (χ1) is 3.80. The predicted octanol–water partition coefficient (Wildman–Crippen LogP) is -3.32. The van der Waals surface area contributed by atoms with E-state index in [1.54, 1.807) is 12.1 Å². The Labute approximate surface area is 64.5 Å². The van der Waals surface area contributed by atoms with Gasteiger partial charge in [0.05, 0.1) is 0 Å². The monoisotopic (exact) mass is 117 g/mol. The Kier molecular flexibility index (Phi) is 3.14. The molecule has 0 amide bonds. The third-order valence-corrected chi connectivity index (χ3v) is 0.815. The molecule has 42 valence electrons. The van der Waals surface area contributed by atoms with E-state index in [1.807, 2.05) is 0 Å². The minimum Gasteiger partial charge on any atom is -0.529 e. The van der Waals surface area contributed by atoms with Crippen LogP contribution in [0.1, 0.15) is 0 Å². The van der Waals surface area contributed by atoms with E-state index in [9.17, 15) is 9.90 Å². The third-order valence-electron chi connectivity index (χ3n) is 0.815. The Morgan fingerprint density at radius 3 is 2.00 bits per heavy atom. The fourth-order valence-corrected chi connectivity index (χ4v) is 0.456. The Morgan fingerprint density at radius 1 is 1.33 bits per heavy atom. The van der Waals surface area contributed by atoms with Gasteiger partial charge in [-0.3, -0.25) is 0 Å². The number of rotatable bonds is 0. The largest absolute Gasteiger partial charge is 1.00 e. The number of carbonyl (C=O) groups is 1. The van der Waals surface area contributed by atoms with Crippen molar-refractivity contribution in [3.63, 3.8) is 0 Å². The zero-order valence-electron chi connectivity index (χ0n) is 5.07. The van der Waals surface area contributed by atoms with Gasteiger partial charge in [-0.1, -0.05) is 0 Å². The van der Waals surface area contributed by atoms with Crippen molar-refractivity contribution < 1.29 is 28.8 Å². The van der Waals surface area contributed by atoms with Crippen LogP contribution < -0.4 is 24.0 Å². The molecule has 1 heterocycles. The van der Waals surface area contributed by atoms with Gasteiger partial charge in [0.25, 0.3) is 0 Å². The van der Waals surface area contributed by atoms with Crippen LogP contribution in [-0.2, 0) is 0 Å². The van der Waals surface area contributed by atoms with Crippen LogP contribution >= 0.6 is 0 Å². The maximum absolute atomic E-state index is 9.91. The van der Waals surface area contributed by atoms with E-state index in [4.69, 9.17) is 0 Å². The summed E-state index contributed by atoms with van der Waals surface area (Å²) in [6.45, 7) is 0. The molecule has 0 aliphatic carbocycles. The minimum absolute atomic E-state index is 0. The molecule has 0 saturated heterocycles. The molecule has 0 N–H and O–H groups in total. The van der Waals surface area contributed by atoms with Crippen LogP contribution in [0, 0.1) is 0 Å². The van der Waals surface area contributed by atoms with Crippen molar-refractivity contribution in [3.8, 4) is 0 Å². The van der Waals surface area contributed by atoms with Crippen LogP contribution in [0.15, 0.2) is 24.5 Å². The third kappa shape index (κ3) is 1.96. The molecule has 1 aromatic heterocycles. The van der Waals surface area contributed by atoms with Gasteiger partial charge in [0.1, 0.15) is 6.09 Å². The number of nitrogens with zero attached hydrogens (tertiary/aromatic N) is 1. The molecule has 0 aromatic carbocycles. The summed E-state index contributed by atoms with van der Waals surface area (Å²) in [4.78, 5) is 9.91. The van der Waals surface area contributed by atoms with E-state index in [1.165, 1.54) is 12.4 Å². The second kappa shape index (κ2) is 3.39. The molecule has 0 bridgehead atoms. The van der Waals surface area contributed by atoms with Crippen molar-refractivity contribution in [3.05, 3.63) is 24.5 Å². The summed E-state index contributed by atoms with van der Waals surface area (Å²) in [6, 6.07) is 3.24. The summed E-state index contributed by atoms with van der Waals surface area (Å²) in [5, 5.41) is 9.91. The molecule has 3 nitrogen and oxygen atoms in total. The molecule has 1 aromatic rings. The Morgan fingerprint density at radius 2 is 1.78 bits per heavy atom. The van der Waals surface area contributed by atoms with Gasteiger partial charge < -0.3 is 14.5 Å². The van der Waals surface area contributed by atoms with Gasteiger partial charge in [-0.15, -0.1) is 0 Å². The van der Waals surface area contributed by atoms with Gasteiger partial charge in [-0.25, -0.2) is 0 Å². The number of aromatic nitrogens is 1. The standard InChI is InChI=1S/C5H5NO2.Li/c7-5(8)6-3-1-2-4-6;/h1-4H,(H,7,8);/q;+1/p-1. The maximum Gasteiger partial charge on any atom is 1.00 e. The smallest absolute Gasteiger partial charge is 0.529 e. The predicted molar refractivity (Wildman–Crippen MR) is 25.2 cm³/mol. The fraction of sp³-hybridized carbons (Fsp3) is 0. The Hall–Kier alpha value is -0.653. The van der Waals surface area contributed by atoms with Gasteiger partial charge in [0.15, 0.2) is 0 Å². The summed E-state index contributed by atoms with van der Waals surface area (Å²) in [5.41, 5.74) is 0. The average Bonchev–Trinajstić information content (AvgIpc) is 2.12.